The van der Waals surface area contributed by atoms with E-state index in [0.717, 1.165) is 17.7 Å². The number of amides is 2. The van der Waals surface area contributed by atoms with Crippen molar-refractivity contribution in [2.75, 3.05) is 18.5 Å². The van der Waals surface area contributed by atoms with Crippen molar-refractivity contribution < 1.29 is 37.0 Å². The van der Waals surface area contributed by atoms with E-state index in [1.165, 1.54) is 12.1 Å². The van der Waals surface area contributed by atoms with Crippen molar-refractivity contribution in [2.24, 2.45) is 0 Å². The highest BCUT2D eigenvalue weighted by atomic mass is 19.4. The Labute approximate surface area is 188 Å². The second-order valence-corrected chi connectivity index (χ2v) is 7.10. The fourth-order valence-electron chi connectivity index (χ4n) is 2.80. The number of nitrogens with one attached hydrogen (secondary N) is 2. The Hall–Kier alpha value is -3.50. The summed E-state index contributed by atoms with van der Waals surface area (Å²) in [6.07, 6.45) is -4.04. The Balaban J connectivity index is 1.39. The molecular weight excluding hydrogens is 441 g/mol. The van der Waals surface area contributed by atoms with Crippen LogP contribution in [0.4, 0.5) is 23.7 Å². The summed E-state index contributed by atoms with van der Waals surface area (Å²) in [6, 6.07) is 14.4. The molecule has 3 rings (SSSR count). The third-order valence-electron chi connectivity index (χ3n) is 4.38. The topological polar surface area (TPSA) is 93.0 Å². The minimum atomic E-state index is -4.49. The van der Waals surface area contributed by atoms with Crippen molar-refractivity contribution >= 4 is 11.7 Å². The van der Waals surface area contributed by atoms with Gasteiger partial charge >= 0.3 is 12.2 Å². The SMILES string of the molecule is O=C(NCC(O)COc1cccc(C(F)(F)F)c1)Nc1cccc(COCc2ccco2)c1. The smallest absolute Gasteiger partial charge is 0.416 e. The number of halogens is 3. The summed E-state index contributed by atoms with van der Waals surface area (Å²) in [6.45, 7) is 0.204. The van der Waals surface area contributed by atoms with Gasteiger partial charge in [0.2, 0.25) is 0 Å². The first-order chi connectivity index (χ1) is 15.8. The lowest BCUT2D eigenvalue weighted by Crippen LogP contribution is -2.37. The largest absolute Gasteiger partial charge is 0.491 e. The molecule has 0 saturated heterocycles. The van der Waals surface area contributed by atoms with Gasteiger partial charge in [0.25, 0.3) is 0 Å². The molecule has 7 nitrogen and oxygen atoms in total. The number of rotatable bonds is 10. The maximum atomic E-state index is 12.7. The molecule has 0 spiro atoms. The highest BCUT2D eigenvalue weighted by Crippen LogP contribution is 2.31. The molecular formula is C23H23F3N2O5. The van der Waals surface area contributed by atoms with Gasteiger partial charge in [0.1, 0.15) is 30.8 Å². The van der Waals surface area contributed by atoms with Crippen LogP contribution in [0.2, 0.25) is 0 Å². The number of urea groups is 1. The number of aliphatic hydroxyl groups is 1. The maximum absolute atomic E-state index is 12.7. The maximum Gasteiger partial charge on any atom is 0.416 e. The van der Waals surface area contributed by atoms with E-state index in [1.54, 1.807) is 36.6 Å². The van der Waals surface area contributed by atoms with Gasteiger partial charge in [-0.3, -0.25) is 0 Å². The van der Waals surface area contributed by atoms with Gasteiger partial charge in [-0.25, -0.2) is 4.79 Å². The standard InChI is InChI=1S/C23H23F3N2O5/c24-23(25,26)17-5-2-7-20(11-17)33-14-19(29)12-27-22(30)28-18-6-1-4-16(10-18)13-31-15-21-8-3-9-32-21/h1-11,19,29H,12-15H2,(H2,27,28,30). The molecule has 1 atom stereocenters. The van der Waals surface area contributed by atoms with E-state index in [-0.39, 0.29) is 18.9 Å². The third kappa shape index (κ3) is 8.17. The zero-order valence-electron chi connectivity index (χ0n) is 17.5. The predicted molar refractivity (Wildman–Crippen MR) is 114 cm³/mol. The van der Waals surface area contributed by atoms with E-state index in [9.17, 15) is 23.1 Å². The van der Waals surface area contributed by atoms with Crippen molar-refractivity contribution in [3.8, 4) is 5.75 Å². The molecule has 176 valence electrons. The third-order valence-corrected chi connectivity index (χ3v) is 4.38. The number of benzene rings is 2. The highest BCUT2D eigenvalue weighted by molar-refractivity contribution is 5.89. The zero-order valence-corrected chi connectivity index (χ0v) is 17.5. The summed E-state index contributed by atoms with van der Waals surface area (Å²) in [4.78, 5) is 12.1. The normalized spacial score (nSPS) is 12.2. The number of anilines is 1. The van der Waals surface area contributed by atoms with Gasteiger partial charge in [0, 0.05) is 12.2 Å². The molecule has 0 bridgehead atoms. The van der Waals surface area contributed by atoms with Gasteiger partial charge in [-0.15, -0.1) is 0 Å². The van der Waals surface area contributed by atoms with Crippen LogP contribution in [0.5, 0.6) is 5.75 Å². The van der Waals surface area contributed by atoms with E-state index in [2.05, 4.69) is 10.6 Å². The Kier molecular flexibility index (Phi) is 8.34. The molecule has 2 amide bonds. The second-order valence-electron chi connectivity index (χ2n) is 7.10. The fourth-order valence-corrected chi connectivity index (χ4v) is 2.80. The molecule has 1 heterocycles. The van der Waals surface area contributed by atoms with Gasteiger partial charge in [-0.1, -0.05) is 18.2 Å². The first-order valence-electron chi connectivity index (χ1n) is 10.0. The second kappa shape index (κ2) is 11.4. The fraction of sp³-hybridized carbons (Fsp3) is 0.261. The minimum Gasteiger partial charge on any atom is -0.491 e. The molecule has 0 fully saturated rings. The number of alkyl halides is 3. The molecule has 1 aromatic heterocycles. The molecule has 0 aliphatic carbocycles. The van der Waals surface area contributed by atoms with Crippen LogP contribution in [0, 0.1) is 0 Å². The summed E-state index contributed by atoms with van der Waals surface area (Å²) < 4.78 is 54.1. The number of furan rings is 1. The summed E-state index contributed by atoms with van der Waals surface area (Å²) in [5.74, 6) is 0.679. The number of ether oxygens (including phenoxy) is 2. The average Bonchev–Trinajstić information content (AvgIpc) is 3.30. The monoisotopic (exact) mass is 464 g/mol. The average molecular weight is 464 g/mol. The van der Waals surface area contributed by atoms with Crippen LogP contribution in [0.15, 0.2) is 71.3 Å². The van der Waals surface area contributed by atoms with Crippen LogP contribution in [0.1, 0.15) is 16.9 Å². The Bertz CT molecular complexity index is 1020. The van der Waals surface area contributed by atoms with Crippen molar-refractivity contribution in [1.29, 1.82) is 0 Å². The molecule has 2 aromatic carbocycles. The summed E-state index contributed by atoms with van der Waals surface area (Å²) in [5, 5.41) is 15.1. The van der Waals surface area contributed by atoms with Gasteiger partial charge in [-0.2, -0.15) is 13.2 Å². The first kappa shape index (κ1) is 24.1. The lowest BCUT2D eigenvalue weighted by Gasteiger charge is -2.15. The van der Waals surface area contributed by atoms with Crippen molar-refractivity contribution in [3.05, 3.63) is 83.8 Å². The minimum absolute atomic E-state index is 0.0283. The van der Waals surface area contributed by atoms with Gasteiger partial charge in [0.05, 0.1) is 18.4 Å². The van der Waals surface area contributed by atoms with E-state index >= 15 is 0 Å². The molecule has 10 heteroatoms. The molecule has 3 aromatic rings. The molecule has 1 unspecified atom stereocenters. The molecule has 0 saturated carbocycles. The first-order valence-corrected chi connectivity index (χ1v) is 10.0. The quantitative estimate of drug-likeness (QED) is 0.409. The van der Waals surface area contributed by atoms with Crippen LogP contribution in [-0.4, -0.2) is 30.4 Å². The number of hydrogen-bond acceptors (Lipinski definition) is 5. The summed E-state index contributed by atoms with van der Waals surface area (Å²) in [7, 11) is 0. The van der Waals surface area contributed by atoms with Crippen molar-refractivity contribution in [1.82, 2.24) is 5.32 Å². The van der Waals surface area contributed by atoms with Gasteiger partial charge in [0.15, 0.2) is 0 Å². The summed E-state index contributed by atoms with van der Waals surface area (Å²) in [5.41, 5.74) is 0.524. The lowest BCUT2D eigenvalue weighted by molar-refractivity contribution is -0.137. The predicted octanol–water partition coefficient (Wildman–Crippen LogP) is 4.58. The van der Waals surface area contributed by atoms with Crippen LogP contribution in [0.25, 0.3) is 0 Å². The number of carbonyl (C=O) groups excluding carboxylic acids is 1. The summed E-state index contributed by atoms with van der Waals surface area (Å²) >= 11 is 0. The van der Waals surface area contributed by atoms with E-state index < -0.39 is 23.9 Å². The van der Waals surface area contributed by atoms with Crippen LogP contribution >= 0.6 is 0 Å². The highest BCUT2D eigenvalue weighted by Gasteiger charge is 2.30. The Morgan fingerprint density at radius 2 is 1.88 bits per heavy atom. The molecule has 0 aliphatic rings. The number of aliphatic hydroxyl groups excluding tert-OH is 1. The Morgan fingerprint density at radius 3 is 2.64 bits per heavy atom. The van der Waals surface area contributed by atoms with E-state index in [1.807, 2.05) is 6.07 Å². The molecule has 0 aliphatic heterocycles. The molecule has 33 heavy (non-hydrogen) atoms. The van der Waals surface area contributed by atoms with E-state index in [0.29, 0.717) is 24.7 Å². The number of carbonyl (C=O) groups is 1. The number of hydrogen-bond donors (Lipinski definition) is 3. The molecule has 3 N–H and O–H groups in total. The van der Waals surface area contributed by atoms with Gasteiger partial charge in [-0.05, 0) is 48.0 Å². The molecule has 0 radical (unpaired) electrons. The zero-order chi connectivity index (χ0) is 23.7. The lowest BCUT2D eigenvalue weighted by atomic mass is 10.2. The van der Waals surface area contributed by atoms with Crippen molar-refractivity contribution in [2.45, 2.75) is 25.5 Å². The van der Waals surface area contributed by atoms with Gasteiger partial charge < -0.3 is 29.6 Å². The van der Waals surface area contributed by atoms with E-state index in [4.69, 9.17) is 13.9 Å². The Morgan fingerprint density at radius 1 is 1.06 bits per heavy atom. The van der Waals surface area contributed by atoms with Crippen LogP contribution in [0.3, 0.4) is 0 Å². The van der Waals surface area contributed by atoms with Crippen LogP contribution < -0.4 is 15.4 Å². The van der Waals surface area contributed by atoms with Crippen LogP contribution in [-0.2, 0) is 24.1 Å². The van der Waals surface area contributed by atoms with Crippen molar-refractivity contribution in [3.63, 3.8) is 0 Å².